The van der Waals surface area contributed by atoms with Crippen LogP contribution in [-0.4, -0.2) is 15.3 Å². The molecule has 6 nitrogen and oxygen atoms in total. The van der Waals surface area contributed by atoms with E-state index in [1.807, 2.05) is 0 Å². The highest BCUT2D eigenvalue weighted by molar-refractivity contribution is 9.10. The first-order chi connectivity index (χ1) is 7.91. The summed E-state index contributed by atoms with van der Waals surface area (Å²) in [6.45, 7) is 1.95. The number of carbonyl (C=O) groups excluding carboxylic acids is 1. The number of hydrogen-bond acceptors (Lipinski definition) is 4. The molecular weight excluding hydrogens is 292 g/mol. The molecule has 0 spiro atoms. The van der Waals surface area contributed by atoms with Gasteiger partial charge in [-0.1, -0.05) is 0 Å². The standard InChI is InChI=1S/C10H11BrN2O4/c1-7(14)3-2-4-12-5-8(11)10(15)9(6-12)13(16)17/h5-6H,2-4H2,1H3. The summed E-state index contributed by atoms with van der Waals surface area (Å²) in [6.07, 6.45) is 3.67. The lowest BCUT2D eigenvalue weighted by atomic mass is 10.2. The van der Waals surface area contributed by atoms with Crippen LogP contribution in [0.3, 0.4) is 0 Å². The maximum absolute atomic E-state index is 11.4. The maximum Gasteiger partial charge on any atom is 0.333 e. The Morgan fingerprint density at radius 1 is 1.53 bits per heavy atom. The summed E-state index contributed by atoms with van der Waals surface area (Å²) in [7, 11) is 0. The van der Waals surface area contributed by atoms with Crippen LogP contribution in [-0.2, 0) is 11.3 Å². The molecule has 0 unspecified atom stereocenters. The lowest BCUT2D eigenvalue weighted by molar-refractivity contribution is -0.386. The molecule has 0 aliphatic heterocycles. The number of nitrogens with zero attached hydrogens (tertiary/aromatic N) is 2. The Bertz CT molecular complexity index is 510. The predicted octanol–water partition coefficient (Wildman–Crippen LogP) is 1.89. The van der Waals surface area contributed by atoms with Crippen LogP contribution in [0.4, 0.5) is 5.69 Å². The number of aryl methyl sites for hydroxylation is 1. The minimum absolute atomic E-state index is 0.0691. The van der Waals surface area contributed by atoms with Crippen molar-refractivity contribution in [3.05, 3.63) is 37.2 Å². The van der Waals surface area contributed by atoms with Crippen LogP contribution >= 0.6 is 15.9 Å². The number of rotatable bonds is 5. The minimum Gasteiger partial charge on any atom is -0.347 e. The lowest BCUT2D eigenvalue weighted by Gasteiger charge is -2.05. The van der Waals surface area contributed by atoms with Crippen molar-refractivity contribution in [3.63, 3.8) is 0 Å². The average molecular weight is 303 g/mol. The molecule has 92 valence electrons. The fraction of sp³-hybridized carbons (Fsp3) is 0.400. The zero-order valence-electron chi connectivity index (χ0n) is 9.18. The molecule has 1 rings (SSSR count). The highest BCUT2D eigenvalue weighted by Gasteiger charge is 2.15. The van der Waals surface area contributed by atoms with Gasteiger partial charge in [-0.3, -0.25) is 14.9 Å². The van der Waals surface area contributed by atoms with Gasteiger partial charge in [0.2, 0.25) is 0 Å². The normalized spacial score (nSPS) is 10.2. The van der Waals surface area contributed by atoms with Gasteiger partial charge in [-0.15, -0.1) is 0 Å². The number of halogens is 1. The third-order valence-electron chi connectivity index (χ3n) is 2.16. The molecular formula is C10H11BrN2O4. The van der Waals surface area contributed by atoms with E-state index < -0.39 is 16.0 Å². The van der Waals surface area contributed by atoms with Crippen molar-refractivity contribution < 1.29 is 9.72 Å². The molecule has 7 heteroatoms. The van der Waals surface area contributed by atoms with E-state index in [0.717, 1.165) is 0 Å². The Balaban J connectivity index is 2.91. The zero-order valence-corrected chi connectivity index (χ0v) is 10.8. The smallest absolute Gasteiger partial charge is 0.333 e. The molecule has 0 aliphatic rings. The van der Waals surface area contributed by atoms with Gasteiger partial charge in [0.25, 0.3) is 5.43 Å². The fourth-order valence-electron chi connectivity index (χ4n) is 1.35. The van der Waals surface area contributed by atoms with Gasteiger partial charge >= 0.3 is 5.69 Å². The van der Waals surface area contributed by atoms with Crippen LogP contribution in [0.2, 0.25) is 0 Å². The second-order valence-corrected chi connectivity index (χ2v) is 4.48. The largest absolute Gasteiger partial charge is 0.347 e. The first kappa shape index (κ1) is 13.6. The highest BCUT2D eigenvalue weighted by Crippen LogP contribution is 2.11. The fourth-order valence-corrected chi connectivity index (χ4v) is 1.82. The monoisotopic (exact) mass is 302 g/mol. The molecule has 0 aromatic carbocycles. The number of hydrogen-bond donors (Lipinski definition) is 0. The van der Waals surface area contributed by atoms with Crippen molar-refractivity contribution in [1.29, 1.82) is 0 Å². The van der Waals surface area contributed by atoms with Crippen molar-refractivity contribution in [1.82, 2.24) is 4.57 Å². The van der Waals surface area contributed by atoms with Gasteiger partial charge in [-0.25, -0.2) is 0 Å². The topological polar surface area (TPSA) is 82.2 Å². The summed E-state index contributed by atoms with van der Waals surface area (Å²) in [5, 5.41) is 10.6. The van der Waals surface area contributed by atoms with Gasteiger partial charge in [-0.05, 0) is 29.3 Å². The van der Waals surface area contributed by atoms with Crippen molar-refractivity contribution in [3.8, 4) is 0 Å². The molecule has 0 N–H and O–H groups in total. The zero-order chi connectivity index (χ0) is 13.0. The van der Waals surface area contributed by atoms with E-state index >= 15 is 0 Å². The van der Waals surface area contributed by atoms with Crippen molar-refractivity contribution >= 4 is 27.4 Å². The van der Waals surface area contributed by atoms with Crippen LogP contribution in [0.25, 0.3) is 0 Å². The SMILES string of the molecule is CC(=O)CCCn1cc(Br)c(=O)c([N+](=O)[O-])c1. The highest BCUT2D eigenvalue weighted by atomic mass is 79.9. The summed E-state index contributed by atoms with van der Waals surface area (Å²) < 4.78 is 1.68. The van der Waals surface area contributed by atoms with Crippen LogP contribution in [0.5, 0.6) is 0 Å². The van der Waals surface area contributed by atoms with E-state index in [4.69, 9.17) is 0 Å². The molecule has 1 aromatic rings. The quantitative estimate of drug-likeness (QED) is 0.614. The first-order valence-corrected chi connectivity index (χ1v) is 5.74. The number of carbonyl (C=O) groups is 1. The Hall–Kier alpha value is -1.50. The Morgan fingerprint density at radius 2 is 2.18 bits per heavy atom. The summed E-state index contributed by atoms with van der Waals surface area (Å²) in [5.41, 5.74) is -1.11. The maximum atomic E-state index is 11.4. The average Bonchev–Trinajstić information content (AvgIpc) is 2.22. The molecule has 17 heavy (non-hydrogen) atoms. The number of Topliss-reactive ketones (excluding diaryl/α,β-unsaturated/α-hetero) is 1. The Kier molecular flexibility index (Phi) is 4.56. The third-order valence-corrected chi connectivity index (χ3v) is 2.72. The Labute approximate surface area is 106 Å². The van der Waals surface area contributed by atoms with Crippen molar-refractivity contribution in [2.24, 2.45) is 0 Å². The van der Waals surface area contributed by atoms with Crippen molar-refractivity contribution in [2.75, 3.05) is 0 Å². The van der Waals surface area contributed by atoms with Gasteiger partial charge < -0.3 is 9.36 Å². The van der Waals surface area contributed by atoms with Crippen molar-refractivity contribution in [2.45, 2.75) is 26.3 Å². The Morgan fingerprint density at radius 3 is 2.71 bits per heavy atom. The van der Waals surface area contributed by atoms with Gasteiger partial charge in [0.1, 0.15) is 5.78 Å². The van der Waals surface area contributed by atoms with Gasteiger partial charge in [0.05, 0.1) is 15.6 Å². The van der Waals surface area contributed by atoms with Crippen LogP contribution < -0.4 is 5.43 Å². The second-order valence-electron chi connectivity index (χ2n) is 3.62. The molecule has 0 saturated heterocycles. The predicted molar refractivity (Wildman–Crippen MR) is 65.0 cm³/mol. The lowest BCUT2D eigenvalue weighted by Crippen LogP contribution is -2.13. The van der Waals surface area contributed by atoms with E-state index in [1.54, 1.807) is 0 Å². The van der Waals surface area contributed by atoms with Gasteiger partial charge in [-0.2, -0.15) is 0 Å². The van der Waals surface area contributed by atoms with E-state index in [1.165, 1.54) is 23.9 Å². The molecule has 0 fully saturated rings. The number of nitro groups is 1. The molecule has 1 heterocycles. The summed E-state index contributed by atoms with van der Waals surface area (Å²) in [6, 6.07) is 0. The molecule has 1 aromatic heterocycles. The summed E-state index contributed by atoms with van der Waals surface area (Å²) in [4.78, 5) is 32.1. The van der Waals surface area contributed by atoms with E-state index in [0.29, 0.717) is 19.4 Å². The van der Waals surface area contributed by atoms with Gasteiger partial charge in [0, 0.05) is 19.2 Å². The molecule has 0 atom stereocenters. The number of ketones is 1. The van der Waals surface area contributed by atoms with E-state index in [2.05, 4.69) is 15.9 Å². The van der Waals surface area contributed by atoms with Gasteiger partial charge in [0.15, 0.2) is 0 Å². The van der Waals surface area contributed by atoms with Crippen LogP contribution in [0.15, 0.2) is 21.7 Å². The molecule has 0 aliphatic carbocycles. The molecule has 0 radical (unpaired) electrons. The molecule has 0 bridgehead atoms. The summed E-state index contributed by atoms with van der Waals surface area (Å²) >= 11 is 2.98. The number of aromatic nitrogens is 1. The van der Waals surface area contributed by atoms with E-state index in [9.17, 15) is 19.7 Å². The van der Waals surface area contributed by atoms with Crippen LogP contribution in [0.1, 0.15) is 19.8 Å². The van der Waals surface area contributed by atoms with E-state index in [-0.39, 0.29) is 10.3 Å². The third kappa shape index (κ3) is 3.77. The molecule has 0 amide bonds. The number of pyridine rings is 1. The molecule has 0 saturated carbocycles. The second kappa shape index (κ2) is 5.72. The van der Waals surface area contributed by atoms with Crippen LogP contribution in [0, 0.1) is 10.1 Å². The first-order valence-electron chi connectivity index (χ1n) is 4.95. The summed E-state index contributed by atoms with van der Waals surface area (Å²) in [5.74, 6) is 0.0691. The minimum atomic E-state index is -0.714.